The van der Waals surface area contributed by atoms with Crippen LogP contribution in [0.3, 0.4) is 0 Å². The molecule has 0 aliphatic heterocycles. The molecule has 2 atom stereocenters. The molecule has 3 rings (SSSR count). The van der Waals surface area contributed by atoms with E-state index in [2.05, 4.69) is 10.3 Å². The first-order valence-electron chi connectivity index (χ1n) is 8.43. The molecule has 1 aliphatic rings. The molecule has 1 heterocycles. The summed E-state index contributed by atoms with van der Waals surface area (Å²) in [5.41, 5.74) is 0.957. The summed E-state index contributed by atoms with van der Waals surface area (Å²) in [5.74, 6) is 2.10. The summed E-state index contributed by atoms with van der Waals surface area (Å²) in [4.78, 5) is 17.0. The van der Waals surface area contributed by atoms with Gasteiger partial charge in [0.15, 0.2) is 4.34 Å². The Bertz CT molecular complexity index is 784. The number of carbonyl (C=O) groups excluding carboxylic acids is 1. The second kappa shape index (κ2) is 8.54. The van der Waals surface area contributed by atoms with Crippen molar-refractivity contribution >= 4 is 39.2 Å². The Morgan fingerprint density at radius 1 is 1.48 bits per heavy atom. The Balaban J connectivity index is 1.64. The Hall–Kier alpha value is -1.78. The van der Waals surface area contributed by atoms with E-state index in [1.807, 2.05) is 24.3 Å². The zero-order valence-electron chi connectivity index (χ0n) is 14.2. The molecule has 1 aliphatic carbocycles. The van der Waals surface area contributed by atoms with Crippen LogP contribution in [0, 0.1) is 23.2 Å². The topological polar surface area (TPSA) is 75.0 Å². The van der Waals surface area contributed by atoms with Crippen LogP contribution in [-0.4, -0.2) is 30.3 Å². The molecular weight excluding hydrogens is 354 g/mol. The van der Waals surface area contributed by atoms with E-state index in [4.69, 9.17) is 10.00 Å². The maximum atomic E-state index is 12.3. The molecule has 0 radical (unpaired) electrons. The molecular formula is C18H21N3O2S2. The second-order valence-corrected chi connectivity index (χ2v) is 8.45. The van der Waals surface area contributed by atoms with E-state index in [9.17, 15) is 4.79 Å². The number of thiazole rings is 1. The van der Waals surface area contributed by atoms with Gasteiger partial charge in [-0.15, -0.1) is 11.3 Å². The van der Waals surface area contributed by atoms with Gasteiger partial charge in [-0.1, -0.05) is 24.6 Å². The number of thioether (sulfide) groups is 1. The maximum Gasteiger partial charge on any atom is 0.224 e. The number of hydrogen-bond acceptors (Lipinski definition) is 6. The third-order valence-corrected chi connectivity index (χ3v) is 6.95. The largest absolute Gasteiger partial charge is 0.497 e. The lowest BCUT2D eigenvalue weighted by molar-refractivity contribution is -0.127. The van der Waals surface area contributed by atoms with Crippen molar-refractivity contribution in [2.75, 3.05) is 19.4 Å². The standard InChI is InChI=1S/C18H21N3O2S2/c1-23-13-6-7-16-15(10-13)21-18(25-16)24-11-12-4-2-3-5-14(12)17(22)20-9-8-19/h6-7,10,12,14H,2-5,9,11H2,1H3,(H,20,22)/t12-,14-/m1/s1. The van der Waals surface area contributed by atoms with Gasteiger partial charge in [0, 0.05) is 17.7 Å². The van der Waals surface area contributed by atoms with E-state index in [1.165, 1.54) is 6.42 Å². The fourth-order valence-corrected chi connectivity index (χ4v) is 5.57. The SMILES string of the molecule is COc1ccc2sc(SC[C@H]3CCCC[C@H]3C(=O)NCC#N)nc2c1. The molecule has 0 saturated heterocycles. The molecule has 7 heteroatoms. The van der Waals surface area contributed by atoms with Crippen molar-refractivity contribution in [3.8, 4) is 11.8 Å². The first-order chi connectivity index (χ1) is 12.2. The summed E-state index contributed by atoms with van der Waals surface area (Å²) in [6.07, 6.45) is 4.24. The summed E-state index contributed by atoms with van der Waals surface area (Å²) < 4.78 is 7.43. The zero-order chi connectivity index (χ0) is 17.6. The molecule has 2 aromatic rings. The molecule has 1 aromatic heterocycles. The Morgan fingerprint density at radius 2 is 2.32 bits per heavy atom. The minimum atomic E-state index is 0.0177. The number of benzene rings is 1. The van der Waals surface area contributed by atoms with Gasteiger partial charge in [-0.3, -0.25) is 4.79 Å². The minimum absolute atomic E-state index is 0.0177. The number of nitrogens with one attached hydrogen (secondary N) is 1. The molecule has 132 valence electrons. The molecule has 1 amide bonds. The smallest absolute Gasteiger partial charge is 0.224 e. The average Bonchev–Trinajstić information content (AvgIpc) is 3.06. The van der Waals surface area contributed by atoms with Crippen LogP contribution in [-0.2, 0) is 4.79 Å². The van der Waals surface area contributed by atoms with Gasteiger partial charge in [-0.25, -0.2) is 4.98 Å². The molecule has 5 nitrogen and oxygen atoms in total. The van der Waals surface area contributed by atoms with Gasteiger partial charge >= 0.3 is 0 Å². The fourth-order valence-electron chi connectivity index (χ4n) is 3.26. The quantitative estimate of drug-likeness (QED) is 0.613. The highest BCUT2D eigenvalue weighted by Gasteiger charge is 2.30. The zero-order valence-corrected chi connectivity index (χ0v) is 15.8. The molecule has 0 spiro atoms. The predicted octanol–water partition coefficient (Wildman–Crippen LogP) is 3.84. The normalized spacial score (nSPS) is 20.2. The molecule has 0 unspecified atom stereocenters. The van der Waals surface area contributed by atoms with Crippen LogP contribution in [0.15, 0.2) is 22.5 Å². The van der Waals surface area contributed by atoms with E-state index in [1.54, 1.807) is 30.2 Å². The van der Waals surface area contributed by atoms with Gasteiger partial charge < -0.3 is 10.1 Å². The van der Waals surface area contributed by atoms with Crippen LogP contribution in [0.4, 0.5) is 0 Å². The third kappa shape index (κ3) is 4.44. The van der Waals surface area contributed by atoms with E-state index in [0.29, 0.717) is 5.92 Å². The number of methoxy groups -OCH3 is 1. The Labute approximate surface area is 155 Å². The lowest BCUT2D eigenvalue weighted by Crippen LogP contribution is -2.37. The lowest BCUT2D eigenvalue weighted by atomic mass is 9.80. The number of nitriles is 1. The predicted molar refractivity (Wildman–Crippen MR) is 101 cm³/mol. The van der Waals surface area contributed by atoms with E-state index in [-0.39, 0.29) is 18.4 Å². The fraction of sp³-hybridized carbons (Fsp3) is 0.500. The summed E-state index contributed by atoms with van der Waals surface area (Å²) in [7, 11) is 1.66. The number of carbonyl (C=O) groups is 1. The minimum Gasteiger partial charge on any atom is -0.497 e. The third-order valence-electron chi connectivity index (χ3n) is 4.58. The van der Waals surface area contributed by atoms with Gasteiger partial charge in [-0.2, -0.15) is 5.26 Å². The van der Waals surface area contributed by atoms with Gasteiger partial charge in [0.05, 0.1) is 23.4 Å². The van der Waals surface area contributed by atoms with Crippen molar-refractivity contribution in [1.82, 2.24) is 10.3 Å². The average molecular weight is 376 g/mol. The highest BCUT2D eigenvalue weighted by molar-refractivity contribution is 8.01. The van der Waals surface area contributed by atoms with Crippen LogP contribution in [0.1, 0.15) is 25.7 Å². The van der Waals surface area contributed by atoms with Gasteiger partial charge in [0.25, 0.3) is 0 Å². The van der Waals surface area contributed by atoms with E-state index >= 15 is 0 Å². The number of hydrogen-bond donors (Lipinski definition) is 1. The molecule has 1 fully saturated rings. The highest BCUT2D eigenvalue weighted by atomic mass is 32.2. The molecule has 1 N–H and O–H groups in total. The number of rotatable bonds is 6. The highest BCUT2D eigenvalue weighted by Crippen LogP contribution is 2.37. The van der Waals surface area contributed by atoms with Crippen LogP contribution < -0.4 is 10.1 Å². The second-order valence-electron chi connectivity index (χ2n) is 6.15. The van der Waals surface area contributed by atoms with Crippen LogP contribution >= 0.6 is 23.1 Å². The van der Waals surface area contributed by atoms with Crippen molar-refractivity contribution in [1.29, 1.82) is 5.26 Å². The number of amides is 1. The summed E-state index contributed by atoms with van der Waals surface area (Å²) >= 11 is 3.41. The van der Waals surface area contributed by atoms with Gasteiger partial charge in [0.2, 0.25) is 5.91 Å². The van der Waals surface area contributed by atoms with Crippen molar-refractivity contribution in [2.45, 2.75) is 30.0 Å². The lowest BCUT2D eigenvalue weighted by Gasteiger charge is -2.29. The Kier molecular flexibility index (Phi) is 6.16. The first kappa shape index (κ1) is 18.0. The number of nitrogens with zero attached hydrogens (tertiary/aromatic N) is 2. The maximum absolute atomic E-state index is 12.3. The Morgan fingerprint density at radius 3 is 3.12 bits per heavy atom. The van der Waals surface area contributed by atoms with Crippen LogP contribution in [0.25, 0.3) is 10.2 Å². The van der Waals surface area contributed by atoms with Crippen molar-refractivity contribution in [2.24, 2.45) is 11.8 Å². The van der Waals surface area contributed by atoms with E-state index in [0.717, 1.165) is 45.3 Å². The summed E-state index contributed by atoms with van der Waals surface area (Å²) in [5, 5.41) is 11.4. The van der Waals surface area contributed by atoms with Crippen molar-refractivity contribution in [3.05, 3.63) is 18.2 Å². The number of ether oxygens (including phenoxy) is 1. The molecule has 0 bridgehead atoms. The molecule has 25 heavy (non-hydrogen) atoms. The summed E-state index contributed by atoms with van der Waals surface area (Å²) in [6.45, 7) is 0.0922. The number of fused-ring (bicyclic) bond motifs is 1. The monoisotopic (exact) mass is 375 g/mol. The van der Waals surface area contributed by atoms with E-state index < -0.39 is 0 Å². The first-order valence-corrected chi connectivity index (χ1v) is 10.2. The van der Waals surface area contributed by atoms with Crippen LogP contribution in [0.2, 0.25) is 0 Å². The molecule has 1 aromatic carbocycles. The summed E-state index contributed by atoms with van der Waals surface area (Å²) in [6, 6.07) is 7.92. The van der Waals surface area contributed by atoms with Crippen molar-refractivity contribution in [3.63, 3.8) is 0 Å². The number of aromatic nitrogens is 1. The van der Waals surface area contributed by atoms with Gasteiger partial charge in [-0.05, 0) is 30.9 Å². The van der Waals surface area contributed by atoms with Gasteiger partial charge in [0.1, 0.15) is 12.3 Å². The van der Waals surface area contributed by atoms with Crippen LogP contribution in [0.5, 0.6) is 5.75 Å². The van der Waals surface area contributed by atoms with Crippen molar-refractivity contribution < 1.29 is 9.53 Å². The molecule has 1 saturated carbocycles.